The van der Waals surface area contributed by atoms with Crippen LogP contribution in [0.2, 0.25) is 5.02 Å². The van der Waals surface area contributed by atoms with Crippen molar-refractivity contribution in [3.8, 4) is 0 Å². The monoisotopic (exact) mass is 326 g/mol. The van der Waals surface area contributed by atoms with Gasteiger partial charge in [0, 0.05) is 29.7 Å². The van der Waals surface area contributed by atoms with E-state index in [0.29, 0.717) is 12.1 Å². The standard InChI is InChI=1S/C19H19ClN2O/c1-2-21-19(23)16-8-5-7-15-11-13-22(18(15)16)12-10-14-6-3-4-9-17(14)20/h3-9,11,13H,2,10,12H2,1H3,(H,21,23). The molecule has 3 rings (SSSR count). The van der Waals surface area contributed by atoms with Crippen LogP contribution in [-0.4, -0.2) is 17.0 Å². The van der Waals surface area contributed by atoms with Crippen LogP contribution in [0.15, 0.2) is 54.7 Å². The first-order valence-electron chi connectivity index (χ1n) is 7.80. The molecule has 0 saturated heterocycles. The number of aryl methyl sites for hydroxylation is 2. The van der Waals surface area contributed by atoms with Crippen molar-refractivity contribution in [3.63, 3.8) is 0 Å². The van der Waals surface area contributed by atoms with Gasteiger partial charge in [0.25, 0.3) is 5.91 Å². The minimum absolute atomic E-state index is 0.0317. The molecule has 0 spiro atoms. The van der Waals surface area contributed by atoms with E-state index in [1.165, 1.54) is 0 Å². The highest BCUT2D eigenvalue weighted by Gasteiger charge is 2.12. The molecule has 0 saturated carbocycles. The summed E-state index contributed by atoms with van der Waals surface area (Å²) in [7, 11) is 0. The summed E-state index contributed by atoms with van der Waals surface area (Å²) < 4.78 is 2.13. The van der Waals surface area contributed by atoms with Gasteiger partial charge in [0.2, 0.25) is 0 Å². The van der Waals surface area contributed by atoms with E-state index in [2.05, 4.69) is 9.88 Å². The van der Waals surface area contributed by atoms with E-state index in [0.717, 1.165) is 34.5 Å². The van der Waals surface area contributed by atoms with Gasteiger partial charge in [0.05, 0.1) is 11.1 Å². The summed E-state index contributed by atoms with van der Waals surface area (Å²) in [5, 5.41) is 4.74. The Kier molecular flexibility index (Phi) is 4.68. The number of rotatable bonds is 5. The molecule has 23 heavy (non-hydrogen) atoms. The van der Waals surface area contributed by atoms with E-state index in [4.69, 9.17) is 11.6 Å². The first-order chi connectivity index (χ1) is 11.2. The Morgan fingerprint density at radius 3 is 2.74 bits per heavy atom. The van der Waals surface area contributed by atoms with Gasteiger partial charge >= 0.3 is 0 Å². The van der Waals surface area contributed by atoms with Crippen LogP contribution in [0.3, 0.4) is 0 Å². The molecule has 1 amide bonds. The molecule has 0 fully saturated rings. The Morgan fingerprint density at radius 1 is 1.13 bits per heavy atom. The maximum absolute atomic E-state index is 12.3. The van der Waals surface area contributed by atoms with Crippen LogP contribution in [0.5, 0.6) is 0 Å². The van der Waals surface area contributed by atoms with Crippen molar-refractivity contribution in [2.75, 3.05) is 6.54 Å². The van der Waals surface area contributed by atoms with E-state index in [9.17, 15) is 4.79 Å². The van der Waals surface area contributed by atoms with Crippen LogP contribution in [-0.2, 0) is 13.0 Å². The molecule has 2 aromatic carbocycles. The summed E-state index contributed by atoms with van der Waals surface area (Å²) in [6, 6.07) is 15.8. The Labute approximate surface area is 140 Å². The fraction of sp³-hybridized carbons (Fsp3) is 0.211. The predicted octanol–water partition coefficient (Wildman–Crippen LogP) is 4.29. The number of fused-ring (bicyclic) bond motifs is 1. The molecule has 3 aromatic rings. The quantitative estimate of drug-likeness (QED) is 0.745. The number of hydrogen-bond donors (Lipinski definition) is 1. The highest BCUT2D eigenvalue weighted by molar-refractivity contribution is 6.31. The Balaban J connectivity index is 1.92. The van der Waals surface area contributed by atoms with Crippen LogP contribution in [0.4, 0.5) is 0 Å². The zero-order valence-electron chi connectivity index (χ0n) is 13.1. The molecule has 0 unspecified atom stereocenters. The lowest BCUT2D eigenvalue weighted by atomic mass is 10.1. The van der Waals surface area contributed by atoms with Crippen molar-refractivity contribution in [2.45, 2.75) is 19.9 Å². The SMILES string of the molecule is CCNC(=O)c1cccc2ccn(CCc3ccccc3Cl)c12. The minimum atomic E-state index is -0.0317. The predicted molar refractivity (Wildman–Crippen MR) is 95.1 cm³/mol. The molecule has 4 heteroatoms. The van der Waals surface area contributed by atoms with Gasteiger partial charge in [-0.15, -0.1) is 0 Å². The summed E-state index contributed by atoms with van der Waals surface area (Å²) in [5.74, 6) is -0.0317. The first-order valence-corrected chi connectivity index (χ1v) is 8.18. The second-order valence-electron chi connectivity index (χ2n) is 5.45. The van der Waals surface area contributed by atoms with Gasteiger partial charge < -0.3 is 9.88 Å². The Hall–Kier alpha value is -2.26. The number of nitrogens with zero attached hydrogens (tertiary/aromatic N) is 1. The Morgan fingerprint density at radius 2 is 1.96 bits per heavy atom. The number of benzene rings is 2. The van der Waals surface area contributed by atoms with Crippen molar-refractivity contribution >= 4 is 28.4 Å². The van der Waals surface area contributed by atoms with Crippen molar-refractivity contribution in [3.05, 3.63) is 70.9 Å². The summed E-state index contributed by atoms with van der Waals surface area (Å²) in [5.41, 5.74) is 2.81. The molecule has 1 heterocycles. The van der Waals surface area contributed by atoms with E-state index >= 15 is 0 Å². The fourth-order valence-corrected chi connectivity index (χ4v) is 3.06. The van der Waals surface area contributed by atoms with Gasteiger partial charge in [-0.3, -0.25) is 4.79 Å². The normalized spacial score (nSPS) is 10.9. The maximum Gasteiger partial charge on any atom is 0.253 e. The number of halogens is 1. The van der Waals surface area contributed by atoms with Crippen molar-refractivity contribution in [2.24, 2.45) is 0 Å². The largest absolute Gasteiger partial charge is 0.352 e. The van der Waals surface area contributed by atoms with Crippen LogP contribution < -0.4 is 5.32 Å². The fourth-order valence-electron chi connectivity index (χ4n) is 2.83. The summed E-state index contributed by atoms with van der Waals surface area (Å²) in [6.07, 6.45) is 2.86. The molecule has 0 aliphatic rings. The summed E-state index contributed by atoms with van der Waals surface area (Å²) in [4.78, 5) is 12.3. The van der Waals surface area contributed by atoms with Gasteiger partial charge in [0.15, 0.2) is 0 Å². The van der Waals surface area contributed by atoms with E-state index in [-0.39, 0.29) is 5.91 Å². The van der Waals surface area contributed by atoms with Crippen molar-refractivity contribution in [1.29, 1.82) is 0 Å². The number of carbonyl (C=O) groups is 1. The molecule has 1 N–H and O–H groups in total. The molecule has 0 aliphatic carbocycles. The number of carbonyl (C=O) groups excluding carboxylic acids is 1. The number of aromatic nitrogens is 1. The van der Waals surface area contributed by atoms with E-state index in [1.54, 1.807) is 0 Å². The van der Waals surface area contributed by atoms with E-state index in [1.807, 2.05) is 61.7 Å². The molecule has 1 aromatic heterocycles. The zero-order chi connectivity index (χ0) is 16.2. The second-order valence-corrected chi connectivity index (χ2v) is 5.86. The number of para-hydroxylation sites is 1. The molecule has 0 bridgehead atoms. The molecule has 0 radical (unpaired) electrons. The Bertz CT molecular complexity index is 838. The molecular formula is C19H19ClN2O. The van der Waals surface area contributed by atoms with E-state index < -0.39 is 0 Å². The smallest absolute Gasteiger partial charge is 0.253 e. The third kappa shape index (κ3) is 3.25. The molecule has 0 atom stereocenters. The van der Waals surface area contributed by atoms with Crippen LogP contribution in [0.25, 0.3) is 10.9 Å². The third-order valence-electron chi connectivity index (χ3n) is 3.95. The average Bonchev–Trinajstić information content (AvgIpc) is 2.97. The number of amides is 1. The topological polar surface area (TPSA) is 34.0 Å². The van der Waals surface area contributed by atoms with Crippen LogP contribution in [0, 0.1) is 0 Å². The highest BCUT2D eigenvalue weighted by Crippen LogP contribution is 2.22. The van der Waals surface area contributed by atoms with Crippen LogP contribution >= 0.6 is 11.6 Å². The maximum atomic E-state index is 12.3. The van der Waals surface area contributed by atoms with Gasteiger partial charge in [-0.25, -0.2) is 0 Å². The first kappa shape index (κ1) is 15.6. The zero-order valence-corrected chi connectivity index (χ0v) is 13.8. The lowest BCUT2D eigenvalue weighted by Crippen LogP contribution is -2.23. The summed E-state index contributed by atoms with van der Waals surface area (Å²) >= 11 is 6.23. The molecule has 3 nitrogen and oxygen atoms in total. The van der Waals surface area contributed by atoms with Crippen molar-refractivity contribution in [1.82, 2.24) is 9.88 Å². The average molecular weight is 327 g/mol. The molecular weight excluding hydrogens is 308 g/mol. The van der Waals surface area contributed by atoms with Gasteiger partial charge in [-0.1, -0.05) is 41.9 Å². The van der Waals surface area contributed by atoms with Crippen LogP contribution in [0.1, 0.15) is 22.8 Å². The molecule has 0 aliphatic heterocycles. The third-order valence-corrected chi connectivity index (χ3v) is 4.32. The minimum Gasteiger partial charge on any atom is -0.352 e. The van der Waals surface area contributed by atoms with Gasteiger partial charge in [-0.05, 0) is 37.1 Å². The van der Waals surface area contributed by atoms with Gasteiger partial charge in [0.1, 0.15) is 0 Å². The lowest BCUT2D eigenvalue weighted by molar-refractivity contribution is 0.0957. The molecule has 118 valence electrons. The van der Waals surface area contributed by atoms with Crippen molar-refractivity contribution < 1.29 is 4.79 Å². The van der Waals surface area contributed by atoms with Gasteiger partial charge in [-0.2, -0.15) is 0 Å². The lowest BCUT2D eigenvalue weighted by Gasteiger charge is -2.10. The second kappa shape index (κ2) is 6.88. The number of nitrogens with one attached hydrogen (secondary N) is 1. The summed E-state index contributed by atoms with van der Waals surface area (Å²) in [6.45, 7) is 3.33. The number of hydrogen-bond acceptors (Lipinski definition) is 1. The highest BCUT2D eigenvalue weighted by atomic mass is 35.5.